The van der Waals surface area contributed by atoms with Crippen molar-refractivity contribution in [3.8, 4) is 17.2 Å². The highest BCUT2D eigenvalue weighted by Gasteiger charge is 2.11. The second-order valence-electron chi connectivity index (χ2n) is 6.06. The maximum Gasteiger partial charge on any atom is 0.271 e. The number of amides is 1. The summed E-state index contributed by atoms with van der Waals surface area (Å²) in [5.74, 6) is 1.68. The van der Waals surface area contributed by atoms with E-state index in [0.717, 1.165) is 24.2 Å². The second kappa shape index (κ2) is 11.6. The second-order valence-corrected chi connectivity index (χ2v) is 6.06. The lowest BCUT2D eigenvalue weighted by molar-refractivity contribution is 0.0954. The van der Waals surface area contributed by atoms with Gasteiger partial charge in [0.2, 0.25) is 0 Å². The number of hydrazone groups is 1. The molecule has 6 heteroatoms. The quantitative estimate of drug-likeness (QED) is 0.460. The standard InChI is InChI=1S/C22H28N2O4/c1-4-13-27-19-10-7-17(8-11-19)16-23-24-22(25)18-9-12-20(28-14-5-2)21(15-18)26-6-3/h7-12,15-16H,4-6,13-14H2,1-3H3,(H,24,25)/b23-16+. The maximum absolute atomic E-state index is 12.3. The number of hydrogen-bond donors (Lipinski definition) is 1. The van der Waals surface area contributed by atoms with Gasteiger partial charge < -0.3 is 14.2 Å². The molecule has 0 spiro atoms. The van der Waals surface area contributed by atoms with Crippen LogP contribution in [0.3, 0.4) is 0 Å². The summed E-state index contributed by atoms with van der Waals surface area (Å²) in [6, 6.07) is 12.6. The molecule has 0 heterocycles. The molecule has 6 nitrogen and oxygen atoms in total. The van der Waals surface area contributed by atoms with Crippen LogP contribution in [-0.2, 0) is 0 Å². The number of nitrogens with one attached hydrogen (secondary N) is 1. The molecule has 0 radical (unpaired) electrons. The lowest BCUT2D eigenvalue weighted by Gasteiger charge is -2.12. The van der Waals surface area contributed by atoms with E-state index < -0.39 is 0 Å². The van der Waals surface area contributed by atoms with E-state index in [1.807, 2.05) is 38.1 Å². The summed E-state index contributed by atoms with van der Waals surface area (Å²) >= 11 is 0. The van der Waals surface area contributed by atoms with Gasteiger partial charge in [0.1, 0.15) is 5.75 Å². The highest BCUT2D eigenvalue weighted by atomic mass is 16.5. The van der Waals surface area contributed by atoms with E-state index in [9.17, 15) is 4.79 Å². The number of rotatable bonds is 11. The SMILES string of the molecule is CCCOc1ccc(/C=N/NC(=O)c2ccc(OCCC)c(OCC)c2)cc1. The number of carbonyl (C=O) groups is 1. The van der Waals surface area contributed by atoms with Gasteiger partial charge in [-0.2, -0.15) is 5.10 Å². The van der Waals surface area contributed by atoms with Gasteiger partial charge in [0.05, 0.1) is 26.0 Å². The highest BCUT2D eigenvalue weighted by Crippen LogP contribution is 2.28. The van der Waals surface area contributed by atoms with Crippen LogP contribution in [0, 0.1) is 0 Å². The van der Waals surface area contributed by atoms with Crippen LogP contribution in [0.25, 0.3) is 0 Å². The molecule has 2 rings (SSSR count). The van der Waals surface area contributed by atoms with Crippen molar-refractivity contribution in [3.63, 3.8) is 0 Å². The summed E-state index contributed by atoms with van der Waals surface area (Å²) in [4.78, 5) is 12.3. The first-order chi connectivity index (χ1) is 13.7. The van der Waals surface area contributed by atoms with E-state index in [1.165, 1.54) is 0 Å². The van der Waals surface area contributed by atoms with Crippen molar-refractivity contribution in [2.75, 3.05) is 19.8 Å². The van der Waals surface area contributed by atoms with Gasteiger partial charge in [-0.15, -0.1) is 0 Å². The number of ether oxygens (including phenoxy) is 3. The first kappa shape index (κ1) is 21.3. The Bertz CT molecular complexity index is 773. The summed E-state index contributed by atoms with van der Waals surface area (Å²) in [7, 11) is 0. The van der Waals surface area contributed by atoms with Gasteiger partial charge in [0.15, 0.2) is 11.5 Å². The third-order valence-electron chi connectivity index (χ3n) is 3.70. The van der Waals surface area contributed by atoms with Crippen LogP contribution in [0.5, 0.6) is 17.2 Å². The van der Waals surface area contributed by atoms with Crippen molar-refractivity contribution in [2.24, 2.45) is 5.10 Å². The molecule has 0 atom stereocenters. The van der Waals surface area contributed by atoms with E-state index >= 15 is 0 Å². The minimum Gasteiger partial charge on any atom is -0.494 e. The molecule has 1 amide bonds. The fraction of sp³-hybridized carbons (Fsp3) is 0.364. The smallest absolute Gasteiger partial charge is 0.271 e. The highest BCUT2D eigenvalue weighted by molar-refractivity contribution is 5.95. The molecule has 0 aliphatic rings. The Kier molecular flexibility index (Phi) is 8.85. The largest absolute Gasteiger partial charge is 0.494 e. The molecule has 0 bridgehead atoms. The summed E-state index contributed by atoms with van der Waals surface area (Å²) in [5.41, 5.74) is 3.85. The molecule has 0 unspecified atom stereocenters. The van der Waals surface area contributed by atoms with Gasteiger partial charge in [-0.25, -0.2) is 5.43 Å². The molecule has 28 heavy (non-hydrogen) atoms. The maximum atomic E-state index is 12.3. The van der Waals surface area contributed by atoms with E-state index in [1.54, 1.807) is 24.4 Å². The Morgan fingerprint density at radius 3 is 2.32 bits per heavy atom. The predicted molar refractivity (Wildman–Crippen MR) is 111 cm³/mol. The number of hydrogen-bond acceptors (Lipinski definition) is 5. The Labute approximate surface area is 166 Å². The van der Waals surface area contributed by atoms with Gasteiger partial charge in [-0.05, 0) is 67.8 Å². The minimum absolute atomic E-state index is 0.317. The number of carbonyl (C=O) groups excluding carboxylic acids is 1. The van der Waals surface area contributed by atoms with Gasteiger partial charge in [-0.3, -0.25) is 4.79 Å². The molecule has 2 aromatic rings. The fourth-order valence-corrected chi connectivity index (χ4v) is 2.35. The van der Waals surface area contributed by atoms with Crippen molar-refractivity contribution in [2.45, 2.75) is 33.6 Å². The molecule has 1 N–H and O–H groups in total. The average molecular weight is 384 g/mol. The Morgan fingerprint density at radius 2 is 1.64 bits per heavy atom. The summed E-state index contributed by atoms with van der Waals surface area (Å²) < 4.78 is 16.8. The predicted octanol–water partition coefficient (Wildman–Crippen LogP) is 4.43. The minimum atomic E-state index is -0.317. The van der Waals surface area contributed by atoms with Crippen molar-refractivity contribution in [1.82, 2.24) is 5.43 Å². The third-order valence-corrected chi connectivity index (χ3v) is 3.70. The molecule has 0 aliphatic heterocycles. The molecule has 0 fully saturated rings. The monoisotopic (exact) mass is 384 g/mol. The summed E-state index contributed by atoms with van der Waals surface area (Å²) in [6.45, 7) is 7.76. The van der Waals surface area contributed by atoms with Gasteiger partial charge in [-0.1, -0.05) is 13.8 Å². The molecule has 0 aromatic heterocycles. The molecule has 2 aromatic carbocycles. The Hall–Kier alpha value is -3.02. The van der Waals surface area contributed by atoms with Crippen LogP contribution in [0.15, 0.2) is 47.6 Å². The van der Waals surface area contributed by atoms with Crippen LogP contribution in [0.4, 0.5) is 0 Å². The van der Waals surface area contributed by atoms with E-state index in [0.29, 0.717) is 36.9 Å². The lowest BCUT2D eigenvalue weighted by atomic mass is 10.2. The summed E-state index contributed by atoms with van der Waals surface area (Å²) in [5, 5.41) is 4.02. The topological polar surface area (TPSA) is 69.2 Å². The summed E-state index contributed by atoms with van der Waals surface area (Å²) in [6.07, 6.45) is 3.45. The first-order valence-electron chi connectivity index (χ1n) is 9.63. The normalized spacial score (nSPS) is 10.7. The molecule has 150 valence electrons. The van der Waals surface area contributed by atoms with Crippen LogP contribution in [0.2, 0.25) is 0 Å². The molecular weight excluding hydrogens is 356 g/mol. The number of benzene rings is 2. The molecule has 0 saturated carbocycles. The molecule has 0 aliphatic carbocycles. The van der Waals surface area contributed by atoms with Crippen molar-refractivity contribution in [3.05, 3.63) is 53.6 Å². The van der Waals surface area contributed by atoms with Crippen molar-refractivity contribution < 1.29 is 19.0 Å². The van der Waals surface area contributed by atoms with Crippen molar-refractivity contribution in [1.29, 1.82) is 0 Å². The van der Waals surface area contributed by atoms with Gasteiger partial charge in [0, 0.05) is 5.56 Å². The van der Waals surface area contributed by atoms with Crippen LogP contribution < -0.4 is 19.6 Å². The number of nitrogens with zero attached hydrogens (tertiary/aromatic N) is 1. The molecular formula is C22H28N2O4. The Balaban J connectivity index is 1.97. The van der Waals surface area contributed by atoms with Gasteiger partial charge in [0.25, 0.3) is 5.91 Å². The van der Waals surface area contributed by atoms with Crippen LogP contribution in [-0.4, -0.2) is 31.9 Å². The van der Waals surface area contributed by atoms with E-state index in [2.05, 4.69) is 17.5 Å². The first-order valence-corrected chi connectivity index (χ1v) is 9.63. The van der Waals surface area contributed by atoms with Crippen molar-refractivity contribution >= 4 is 12.1 Å². The average Bonchev–Trinajstić information content (AvgIpc) is 2.72. The van der Waals surface area contributed by atoms with Crippen LogP contribution >= 0.6 is 0 Å². The third kappa shape index (κ3) is 6.61. The fourth-order valence-electron chi connectivity index (χ4n) is 2.35. The lowest BCUT2D eigenvalue weighted by Crippen LogP contribution is -2.17. The van der Waals surface area contributed by atoms with E-state index in [4.69, 9.17) is 14.2 Å². The van der Waals surface area contributed by atoms with Gasteiger partial charge >= 0.3 is 0 Å². The zero-order valence-electron chi connectivity index (χ0n) is 16.7. The Morgan fingerprint density at radius 1 is 0.929 bits per heavy atom. The van der Waals surface area contributed by atoms with Crippen LogP contribution in [0.1, 0.15) is 49.5 Å². The molecule has 0 saturated heterocycles. The zero-order valence-corrected chi connectivity index (χ0v) is 16.7. The van der Waals surface area contributed by atoms with E-state index in [-0.39, 0.29) is 5.91 Å². The zero-order chi connectivity index (χ0) is 20.2.